The van der Waals surface area contributed by atoms with Gasteiger partial charge in [0.2, 0.25) is 0 Å². The molecule has 0 unspecified atom stereocenters. The lowest BCUT2D eigenvalue weighted by Gasteiger charge is -2.45. The molecule has 1 aliphatic carbocycles. The molecule has 23 heavy (non-hydrogen) atoms. The minimum atomic E-state index is -0.178. The van der Waals surface area contributed by atoms with Crippen molar-refractivity contribution >= 4 is 0 Å². The number of hydrogen-bond donors (Lipinski definition) is 1. The Morgan fingerprint density at radius 1 is 1.04 bits per heavy atom. The van der Waals surface area contributed by atoms with Crippen molar-refractivity contribution in [3.63, 3.8) is 0 Å². The maximum absolute atomic E-state index is 13.1. The molecule has 0 radical (unpaired) electrons. The van der Waals surface area contributed by atoms with Gasteiger partial charge in [0.05, 0.1) is 0 Å². The van der Waals surface area contributed by atoms with Crippen molar-refractivity contribution in [3.8, 4) is 0 Å². The summed E-state index contributed by atoms with van der Waals surface area (Å²) in [5, 5.41) is 9.44. The topological polar surface area (TPSA) is 26.7 Å². The number of nitrogens with zero attached hydrogens (tertiary/aromatic N) is 2. The summed E-state index contributed by atoms with van der Waals surface area (Å²) in [6.07, 6.45) is 7.62. The molecule has 1 aromatic rings. The Kier molecular flexibility index (Phi) is 6.03. The molecule has 2 aliphatic rings. The number of halogens is 1. The summed E-state index contributed by atoms with van der Waals surface area (Å²) < 4.78 is 13.1. The highest BCUT2D eigenvalue weighted by Crippen LogP contribution is 2.26. The van der Waals surface area contributed by atoms with Crippen LogP contribution in [-0.4, -0.2) is 53.2 Å². The monoisotopic (exact) mass is 320 g/mol. The Labute approximate surface area is 139 Å². The van der Waals surface area contributed by atoms with Crippen LogP contribution in [0.5, 0.6) is 0 Å². The first-order valence-corrected chi connectivity index (χ1v) is 9.09. The molecule has 4 heteroatoms. The molecule has 1 saturated carbocycles. The third-order valence-electron chi connectivity index (χ3n) is 5.49. The largest absolute Gasteiger partial charge is 0.396 e. The Bertz CT molecular complexity index is 473. The first-order valence-electron chi connectivity index (χ1n) is 9.09. The van der Waals surface area contributed by atoms with Crippen molar-refractivity contribution in [1.29, 1.82) is 0 Å². The molecular weight excluding hydrogens is 291 g/mol. The van der Waals surface area contributed by atoms with Crippen molar-refractivity contribution in [2.24, 2.45) is 0 Å². The van der Waals surface area contributed by atoms with Gasteiger partial charge in [-0.1, -0.05) is 31.4 Å². The molecule has 0 bridgehead atoms. The van der Waals surface area contributed by atoms with Crippen LogP contribution in [0.1, 0.15) is 44.1 Å². The van der Waals surface area contributed by atoms with Crippen LogP contribution >= 0.6 is 0 Å². The summed E-state index contributed by atoms with van der Waals surface area (Å²) in [5.41, 5.74) is 1.15. The van der Waals surface area contributed by atoms with Crippen LogP contribution in [0.2, 0.25) is 0 Å². The lowest BCUT2D eigenvalue weighted by Crippen LogP contribution is -2.56. The summed E-state index contributed by atoms with van der Waals surface area (Å²) in [4.78, 5) is 5.11. The van der Waals surface area contributed by atoms with E-state index in [9.17, 15) is 9.50 Å². The van der Waals surface area contributed by atoms with Crippen LogP contribution in [-0.2, 0) is 6.54 Å². The van der Waals surface area contributed by atoms with Crippen molar-refractivity contribution in [1.82, 2.24) is 9.80 Å². The van der Waals surface area contributed by atoms with E-state index in [0.29, 0.717) is 6.04 Å². The molecule has 1 atom stereocenters. The van der Waals surface area contributed by atoms with E-state index >= 15 is 0 Å². The number of piperazine rings is 1. The van der Waals surface area contributed by atoms with E-state index in [2.05, 4.69) is 9.80 Å². The number of benzene rings is 1. The Hall–Kier alpha value is -0.970. The molecule has 1 N–H and O–H groups in total. The van der Waals surface area contributed by atoms with Gasteiger partial charge in [0.1, 0.15) is 5.82 Å². The molecule has 3 rings (SSSR count). The fourth-order valence-corrected chi connectivity index (χ4v) is 4.15. The second-order valence-electron chi connectivity index (χ2n) is 7.05. The second-order valence-corrected chi connectivity index (χ2v) is 7.05. The van der Waals surface area contributed by atoms with E-state index in [1.807, 2.05) is 12.1 Å². The summed E-state index contributed by atoms with van der Waals surface area (Å²) in [6.45, 7) is 4.31. The summed E-state index contributed by atoms with van der Waals surface area (Å²) in [5.74, 6) is -0.178. The van der Waals surface area contributed by atoms with Gasteiger partial charge >= 0.3 is 0 Å². The van der Waals surface area contributed by atoms with E-state index in [1.165, 1.54) is 44.2 Å². The maximum Gasteiger partial charge on any atom is 0.123 e. The van der Waals surface area contributed by atoms with Crippen LogP contribution in [0, 0.1) is 5.82 Å². The Morgan fingerprint density at radius 3 is 2.48 bits per heavy atom. The van der Waals surface area contributed by atoms with Gasteiger partial charge in [-0.3, -0.25) is 9.80 Å². The highest BCUT2D eigenvalue weighted by Gasteiger charge is 2.30. The fraction of sp³-hybridized carbons (Fsp3) is 0.684. The highest BCUT2D eigenvalue weighted by atomic mass is 19.1. The third kappa shape index (κ3) is 4.52. The summed E-state index contributed by atoms with van der Waals surface area (Å²) >= 11 is 0. The molecule has 0 amide bonds. The maximum atomic E-state index is 13.1. The van der Waals surface area contributed by atoms with Crippen molar-refractivity contribution in [2.45, 2.75) is 57.2 Å². The van der Waals surface area contributed by atoms with Gasteiger partial charge in [-0.05, 0) is 37.0 Å². The molecule has 3 nitrogen and oxygen atoms in total. The predicted octanol–water partition coefficient (Wildman–Crippen LogP) is 3.03. The van der Waals surface area contributed by atoms with Crippen molar-refractivity contribution in [2.75, 3.05) is 26.2 Å². The standard InChI is InChI=1S/C19H29FN2O/c20-17-8-6-16(7-9-17)14-21-11-12-22(15-19(21)10-13-23)18-4-2-1-3-5-18/h6-9,18-19,23H,1-5,10-15H2/t19-/m0/s1. The zero-order valence-electron chi connectivity index (χ0n) is 14.0. The second kappa shape index (κ2) is 8.22. The van der Waals surface area contributed by atoms with Gasteiger partial charge < -0.3 is 5.11 Å². The van der Waals surface area contributed by atoms with E-state index < -0.39 is 0 Å². The van der Waals surface area contributed by atoms with Gasteiger partial charge in [-0.15, -0.1) is 0 Å². The van der Waals surface area contributed by atoms with Crippen LogP contribution < -0.4 is 0 Å². The average Bonchev–Trinajstić information content (AvgIpc) is 2.59. The first-order chi connectivity index (χ1) is 11.3. The number of aliphatic hydroxyl groups excluding tert-OH is 1. The first kappa shape index (κ1) is 16.9. The zero-order valence-corrected chi connectivity index (χ0v) is 14.0. The average molecular weight is 320 g/mol. The summed E-state index contributed by atoms with van der Waals surface area (Å²) in [7, 11) is 0. The summed E-state index contributed by atoms with van der Waals surface area (Å²) in [6, 6.07) is 7.97. The van der Waals surface area contributed by atoms with Gasteiger partial charge in [-0.25, -0.2) is 4.39 Å². The predicted molar refractivity (Wildman–Crippen MR) is 90.7 cm³/mol. The van der Waals surface area contributed by atoms with E-state index in [-0.39, 0.29) is 12.4 Å². The van der Waals surface area contributed by atoms with Crippen molar-refractivity contribution in [3.05, 3.63) is 35.6 Å². The van der Waals surface area contributed by atoms with Gasteiger partial charge in [0.25, 0.3) is 0 Å². The van der Waals surface area contributed by atoms with E-state index in [0.717, 1.165) is 44.2 Å². The number of hydrogen-bond acceptors (Lipinski definition) is 3. The highest BCUT2D eigenvalue weighted by molar-refractivity contribution is 5.16. The zero-order chi connectivity index (χ0) is 16.1. The fourth-order valence-electron chi connectivity index (χ4n) is 4.15. The minimum Gasteiger partial charge on any atom is -0.396 e. The van der Waals surface area contributed by atoms with Gasteiger partial charge in [0, 0.05) is 44.9 Å². The van der Waals surface area contributed by atoms with E-state index in [1.54, 1.807) is 0 Å². The normalized spacial score (nSPS) is 24.9. The molecule has 1 heterocycles. The Morgan fingerprint density at radius 2 is 1.78 bits per heavy atom. The molecular formula is C19H29FN2O. The SMILES string of the molecule is OCC[C@H]1CN(C2CCCCC2)CCN1Cc1ccc(F)cc1. The molecule has 128 valence electrons. The van der Waals surface area contributed by atoms with Crippen LogP contribution in [0.15, 0.2) is 24.3 Å². The minimum absolute atomic E-state index is 0.178. The number of rotatable bonds is 5. The number of aliphatic hydroxyl groups is 1. The van der Waals surface area contributed by atoms with Crippen LogP contribution in [0.25, 0.3) is 0 Å². The third-order valence-corrected chi connectivity index (χ3v) is 5.49. The molecule has 0 aromatic heterocycles. The van der Waals surface area contributed by atoms with Crippen LogP contribution in [0.4, 0.5) is 4.39 Å². The van der Waals surface area contributed by atoms with Gasteiger partial charge in [0.15, 0.2) is 0 Å². The van der Waals surface area contributed by atoms with Gasteiger partial charge in [-0.2, -0.15) is 0 Å². The van der Waals surface area contributed by atoms with Crippen molar-refractivity contribution < 1.29 is 9.50 Å². The Balaban J connectivity index is 1.61. The molecule has 1 saturated heterocycles. The molecule has 0 spiro atoms. The lowest BCUT2D eigenvalue weighted by molar-refractivity contribution is 0.0222. The van der Waals surface area contributed by atoms with Crippen LogP contribution in [0.3, 0.4) is 0 Å². The smallest absolute Gasteiger partial charge is 0.123 e. The molecule has 1 aromatic carbocycles. The molecule has 2 fully saturated rings. The lowest BCUT2D eigenvalue weighted by atomic mass is 9.93. The quantitative estimate of drug-likeness (QED) is 0.903. The van der Waals surface area contributed by atoms with E-state index in [4.69, 9.17) is 0 Å². The molecule has 1 aliphatic heterocycles.